The summed E-state index contributed by atoms with van der Waals surface area (Å²) >= 11 is 0. The van der Waals surface area contributed by atoms with Gasteiger partial charge in [0.15, 0.2) is 0 Å². The summed E-state index contributed by atoms with van der Waals surface area (Å²) in [6.07, 6.45) is 0.778. The van der Waals surface area contributed by atoms with E-state index in [1.807, 2.05) is 33.8 Å². The van der Waals surface area contributed by atoms with Crippen LogP contribution in [0.25, 0.3) is 0 Å². The van der Waals surface area contributed by atoms with Gasteiger partial charge in [-0.1, -0.05) is 37.3 Å². The summed E-state index contributed by atoms with van der Waals surface area (Å²) in [6, 6.07) is 13.6. The molecule has 0 bridgehead atoms. The molecule has 0 spiro atoms. The van der Waals surface area contributed by atoms with Crippen molar-refractivity contribution < 1.29 is 13.2 Å². The number of anilines is 1. The largest absolute Gasteiger partial charge is 0.352 e. The van der Waals surface area contributed by atoms with E-state index in [0.29, 0.717) is 5.69 Å². The summed E-state index contributed by atoms with van der Waals surface area (Å²) in [6.45, 7) is 7.39. The number of nitrogens with one attached hydrogen (secondary N) is 1. The predicted molar refractivity (Wildman–Crippen MR) is 105 cm³/mol. The van der Waals surface area contributed by atoms with Crippen molar-refractivity contribution in [3.8, 4) is 0 Å². The molecule has 26 heavy (non-hydrogen) atoms. The molecule has 5 nitrogen and oxygen atoms in total. The maximum Gasteiger partial charge on any atom is 0.264 e. The second-order valence-corrected chi connectivity index (χ2v) is 8.28. The van der Waals surface area contributed by atoms with Gasteiger partial charge in [-0.2, -0.15) is 0 Å². The first-order valence-corrected chi connectivity index (χ1v) is 10.1. The normalized spacial score (nSPS) is 12.5. The summed E-state index contributed by atoms with van der Waals surface area (Å²) < 4.78 is 27.7. The van der Waals surface area contributed by atoms with E-state index >= 15 is 0 Å². The van der Waals surface area contributed by atoms with Gasteiger partial charge < -0.3 is 5.32 Å². The van der Waals surface area contributed by atoms with Gasteiger partial charge >= 0.3 is 0 Å². The van der Waals surface area contributed by atoms with Gasteiger partial charge in [-0.25, -0.2) is 8.42 Å². The molecule has 0 saturated heterocycles. The van der Waals surface area contributed by atoms with Crippen molar-refractivity contribution in [2.24, 2.45) is 0 Å². The molecule has 2 rings (SSSR count). The first-order chi connectivity index (χ1) is 12.3. The zero-order chi connectivity index (χ0) is 19.3. The summed E-state index contributed by atoms with van der Waals surface area (Å²) in [5, 5.41) is 2.84. The molecule has 1 N–H and O–H groups in total. The predicted octanol–water partition coefficient (Wildman–Crippen LogP) is 3.41. The Kier molecular flexibility index (Phi) is 6.42. The number of carbonyl (C=O) groups is 1. The second-order valence-electron chi connectivity index (χ2n) is 6.42. The molecule has 1 unspecified atom stereocenters. The number of nitrogens with zero attached hydrogens (tertiary/aromatic N) is 1. The Hall–Kier alpha value is -2.34. The Balaban J connectivity index is 2.49. The fourth-order valence-corrected chi connectivity index (χ4v) is 4.08. The Labute approximate surface area is 156 Å². The Morgan fingerprint density at radius 1 is 1.08 bits per heavy atom. The average Bonchev–Trinajstić information content (AvgIpc) is 2.63. The number of hydrogen-bond acceptors (Lipinski definition) is 3. The summed E-state index contributed by atoms with van der Waals surface area (Å²) in [5.41, 5.74) is 2.33. The van der Waals surface area contributed by atoms with Gasteiger partial charge in [0.25, 0.3) is 10.0 Å². The van der Waals surface area contributed by atoms with Crippen molar-refractivity contribution >= 4 is 21.6 Å². The van der Waals surface area contributed by atoms with Crippen LogP contribution in [0.4, 0.5) is 5.69 Å². The lowest BCUT2D eigenvalue weighted by molar-refractivity contribution is -0.120. The highest BCUT2D eigenvalue weighted by atomic mass is 32.2. The highest BCUT2D eigenvalue weighted by Gasteiger charge is 2.28. The first kappa shape index (κ1) is 20.0. The van der Waals surface area contributed by atoms with E-state index in [2.05, 4.69) is 5.32 Å². The van der Waals surface area contributed by atoms with E-state index in [9.17, 15) is 13.2 Å². The number of benzene rings is 2. The van der Waals surface area contributed by atoms with Crippen LogP contribution in [0, 0.1) is 13.8 Å². The van der Waals surface area contributed by atoms with Crippen molar-refractivity contribution in [1.82, 2.24) is 5.32 Å². The SMILES string of the molecule is CCC(C)NC(=O)CN(c1cccc(C)c1C)S(=O)(=O)c1ccccc1. The lowest BCUT2D eigenvalue weighted by Crippen LogP contribution is -2.43. The van der Waals surface area contributed by atoms with Gasteiger partial charge in [0.1, 0.15) is 6.54 Å². The molecule has 0 radical (unpaired) electrons. The summed E-state index contributed by atoms with van der Waals surface area (Å²) in [5.74, 6) is -0.320. The zero-order valence-corrected chi connectivity index (χ0v) is 16.5. The molecule has 0 aromatic heterocycles. The van der Waals surface area contributed by atoms with Gasteiger partial charge in [-0.3, -0.25) is 9.10 Å². The summed E-state index contributed by atoms with van der Waals surface area (Å²) in [7, 11) is -3.86. The first-order valence-electron chi connectivity index (χ1n) is 8.70. The third kappa shape index (κ3) is 4.43. The van der Waals surface area contributed by atoms with Crippen LogP contribution >= 0.6 is 0 Å². The lowest BCUT2D eigenvalue weighted by atomic mass is 10.1. The van der Waals surface area contributed by atoms with Crippen molar-refractivity contribution in [3.05, 3.63) is 59.7 Å². The summed E-state index contributed by atoms with van der Waals surface area (Å²) in [4.78, 5) is 12.6. The Bertz CT molecular complexity index is 864. The highest BCUT2D eigenvalue weighted by Crippen LogP contribution is 2.28. The minimum Gasteiger partial charge on any atom is -0.352 e. The molecule has 0 aliphatic rings. The monoisotopic (exact) mass is 374 g/mol. The molecule has 2 aromatic rings. The molecular formula is C20H26N2O3S. The van der Waals surface area contributed by atoms with E-state index < -0.39 is 10.0 Å². The second kappa shape index (κ2) is 8.36. The van der Waals surface area contributed by atoms with Gasteiger partial charge in [0, 0.05) is 6.04 Å². The Morgan fingerprint density at radius 3 is 2.35 bits per heavy atom. The van der Waals surface area contributed by atoms with E-state index in [1.54, 1.807) is 42.5 Å². The molecule has 6 heteroatoms. The van der Waals surface area contributed by atoms with Crippen LogP contribution in [-0.4, -0.2) is 26.9 Å². The van der Waals surface area contributed by atoms with E-state index in [1.165, 1.54) is 4.31 Å². The molecule has 0 heterocycles. The standard InChI is InChI=1S/C20H26N2O3S/c1-5-16(3)21-20(23)14-22(19-13-9-10-15(2)17(19)4)26(24,25)18-11-7-6-8-12-18/h6-13,16H,5,14H2,1-4H3,(H,21,23). The molecular weight excluding hydrogens is 348 g/mol. The quantitative estimate of drug-likeness (QED) is 0.808. The topological polar surface area (TPSA) is 66.5 Å². The minimum absolute atomic E-state index is 0.0117. The highest BCUT2D eigenvalue weighted by molar-refractivity contribution is 7.92. The fraction of sp³-hybridized carbons (Fsp3) is 0.350. The van der Waals surface area contributed by atoms with Crippen LogP contribution in [0.3, 0.4) is 0 Å². The molecule has 2 aromatic carbocycles. The molecule has 0 aliphatic heterocycles. The van der Waals surface area contributed by atoms with Crippen molar-refractivity contribution in [1.29, 1.82) is 0 Å². The maximum absolute atomic E-state index is 13.2. The molecule has 0 aliphatic carbocycles. The third-order valence-electron chi connectivity index (χ3n) is 4.48. The fourth-order valence-electron chi connectivity index (χ4n) is 2.58. The molecule has 1 atom stereocenters. The van der Waals surface area contributed by atoms with Crippen LogP contribution in [0.2, 0.25) is 0 Å². The van der Waals surface area contributed by atoms with E-state index in [4.69, 9.17) is 0 Å². The number of sulfonamides is 1. The molecule has 140 valence electrons. The van der Waals surface area contributed by atoms with Gasteiger partial charge in [0.2, 0.25) is 5.91 Å². The third-order valence-corrected chi connectivity index (χ3v) is 6.26. The van der Waals surface area contributed by atoms with Crippen LogP contribution in [0.15, 0.2) is 53.4 Å². The van der Waals surface area contributed by atoms with Crippen molar-refractivity contribution in [3.63, 3.8) is 0 Å². The number of amides is 1. The smallest absolute Gasteiger partial charge is 0.264 e. The van der Waals surface area contributed by atoms with E-state index in [-0.39, 0.29) is 23.4 Å². The number of aryl methyl sites for hydroxylation is 1. The van der Waals surface area contributed by atoms with Crippen molar-refractivity contribution in [2.45, 2.75) is 45.1 Å². The molecule has 1 amide bonds. The van der Waals surface area contributed by atoms with Crippen LogP contribution in [0.1, 0.15) is 31.4 Å². The van der Waals surface area contributed by atoms with Crippen molar-refractivity contribution in [2.75, 3.05) is 10.8 Å². The number of carbonyl (C=O) groups excluding carboxylic acids is 1. The zero-order valence-electron chi connectivity index (χ0n) is 15.7. The minimum atomic E-state index is -3.86. The molecule has 0 saturated carbocycles. The molecule has 0 fully saturated rings. The average molecular weight is 375 g/mol. The van der Waals surface area contributed by atoms with Crippen LogP contribution in [-0.2, 0) is 14.8 Å². The van der Waals surface area contributed by atoms with Gasteiger partial charge in [-0.05, 0) is 56.5 Å². The number of rotatable bonds is 7. The lowest BCUT2D eigenvalue weighted by Gasteiger charge is -2.27. The van der Waals surface area contributed by atoms with Gasteiger partial charge in [0.05, 0.1) is 10.6 Å². The Morgan fingerprint density at radius 2 is 1.73 bits per heavy atom. The number of hydrogen-bond donors (Lipinski definition) is 1. The van der Waals surface area contributed by atoms with Gasteiger partial charge in [-0.15, -0.1) is 0 Å². The van der Waals surface area contributed by atoms with E-state index in [0.717, 1.165) is 17.5 Å². The maximum atomic E-state index is 13.2. The van der Waals surface area contributed by atoms with Crippen LogP contribution < -0.4 is 9.62 Å². The van der Waals surface area contributed by atoms with Crippen LogP contribution in [0.5, 0.6) is 0 Å².